The third-order valence-corrected chi connectivity index (χ3v) is 5.12. The van der Waals surface area contributed by atoms with Crippen molar-refractivity contribution in [1.82, 2.24) is 10.2 Å². The van der Waals surface area contributed by atoms with E-state index >= 15 is 0 Å². The van der Waals surface area contributed by atoms with E-state index in [1.54, 1.807) is 30.3 Å². The van der Waals surface area contributed by atoms with Gasteiger partial charge < -0.3 is 14.5 Å². The Hall–Kier alpha value is -3.16. The second-order valence-electron chi connectivity index (χ2n) is 6.55. The summed E-state index contributed by atoms with van der Waals surface area (Å²) in [5, 5.41) is 11.9. The van der Waals surface area contributed by atoms with Crippen LogP contribution in [-0.4, -0.2) is 17.3 Å². The standard InChI is InChI=1S/C22H15Cl2F2N3O2/c1-30-19-8-6-15(11-18(19)24)27-20(16-7-5-14(26)10-17(16)23)22-29-28-21(31-22)12-3-2-4-13(25)9-12/h2-11,20,27H,1H3/t20-/m0/s1. The van der Waals surface area contributed by atoms with Crippen LogP contribution in [0.3, 0.4) is 0 Å². The molecule has 0 unspecified atom stereocenters. The molecule has 0 saturated carbocycles. The Kier molecular flexibility index (Phi) is 6.06. The first-order chi connectivity index (χ1) is 14.9. The molecular formula is C22H15Cl2F2N3O2. The van der Waals surface area contributed by atoms with Crippen LogP contribution in [0.15, 0.2) is 65.1 Å². The quantitative estimate of drug-likeness (QED) is 0.353. The summed E-state index contributed by atoms with van der Waals surface area (Å²) in [5.74, 6) is -0.117. The summed E-state index contributed by atoms with van der Waals surface area (Å²) >= 11 is 12.5. The molecular weight excluding hydrogens is 447 g/mol. The highest BCUT2D eigenvalue weighted by molar-refractivity contribution is 6.32. The van der Waals surface area contributed by atoms with E-state index in [0.29, 0.717) is 27.6 Å². The van der Waals surface area contributed by atoms with Crippen molar-refractivity contribution in [3.05, 3.63) is 93.8 Å². The second kappa shape index (κ2) is 8.91. The third-order valence-electron chi connectivity index (χ3n) is 4.50. The predicted octanol–water partition coefficient (Wildman–Crippen LogP) is 6.53. The first kappa shape index (κ1) is 21.1. The summed E-state index contributed by atoms with van der Waals surface area (Å²) in [6.45, 7) is 0. The number of nitrogens with zero attached hydrogens (tertiary/aromatic N) is 2. The predicted molar refractivity (Wildman–Crippen MR) is 115 cm³/mol. The number of aromatic nitrogens is 2. The molecule has 3 aromatic carbocycles. The minimum Gasteiger partial charge on any atom is -0.495 e. The van der Waals surface area contributed by atoms with Crippen molar-refractivity contribution in [2.75, 3.05) is 12.4 Å². The Labute approximate surface area is 186 Å². The summed E-state index contributed by atoms with van der Waals surface area (Å²) < 4.78 is 38.2. The van der Waals surface area contributed by atoms with Gasteiger partial charge in [0.05, 0.1) is 12.1 Å². The summed E-state index contributed by atoms with van der Waals surface area (Å²) in [7, 11) is 1.52. The van der Waals surface area contributed by atoms with Crippen LogP contribution in [0, 0.1) is 11.6 Å². The van der Waals surface area contributed by atoms with Crippen LogP contribution < -0.4 is 10.1 Å². The monoisotopic (exact) mass is 461 g/mol. The maximum atomic E-state index is 13.6. The van der Waals surface area contributed by atoms with E-state index in [-0.39, 0.29) is 16.8 Å². The van der Waals surface area contributed by atoms with Crippen molar-refractivity contribution in [3.63, 3.8) is 0 Å². The van der Waals surface area contributed by atoms with E-state index in [1.165, 1.54) is 37.4 Å². The van der Waals surface area contributed by atoms with Crippen LogP contribution in [0.5, 0.6) is 5.75 Å². The lowest BCUT2D eigenvalue weighted by molar-refractivity contribution is 0.415. The number of ether oxygens (including phenoxy) is 1. The van der Waals surface area contributed by atoms with E-state index in [0.717, 1.165) is 0 Å². The van der Waals surface area contributed by atoms with Crippen molar-refractivity contribution >= 4 is 28.9 Å². The average Bonchev–Trinajstić information content (AvgIpc) is 3.23. The Morgan fingerprint density at radius 1 is 0.935 bits per heavy atom. The number of nitrogens with one attached hydrogen (secondary N) is 1. The fraction of sp³-hybridized carbons (Fsp3) is 0.0909. The van der Waals surface area contributed by atoms with Crippen LogP contribution in [0.25, 0.3) is 11.5 Å². The molecule has 0 radical (unpaired) electrons. The molecule has 0 aliphatic carbocycles. The minimum atomic E-state index is -0.729. The number of hydrogen-bond acceptors (Lipinski definition) is 5. The van der Waals surface area contributed by atoms with Crippen molar-refractivity contribution in [3.8, 4) is 17.2 Å². The number of methoxy groups -OCH3 is 1. The number of halogens is 4. The summed E-state index contributed by atoms with van der Waals surface area (Å²) in [6.07, 6.45) is 0. The number of benzene rings is 3. The van der Waals surface area contributed by atoms with Crippen LogP contribution in [0.1, 0.15) is 17.5 Å². The van der Waals surface area contributed by atoms with Gasteiger partial charge in [0, 0.05) is 21.8 Å². The Morgan fingerprint density at radius 2 is 1.74 bits per heavy atom. The van der Waals surface area contributed by atoms with Crippen molar-refractivity contribution in [1.29, 1.82) is 0 Å². The molecule has 0 aliphatic rings. The van der Waals surface area contributed by atoms with Gasteiger partial charge in [0.15, 0.2) is 0 Å². The van der Waals surface area contributed by atoms with E-state index in [4.69, 9.17) is 32.4 Å². The van der Waals surface area contributed by atoms with Gasteiger partial charge in [0.2, 0.25) is 11.8 Å². The molecule has 4 aromatic rings. The molecule has 0 spiro atoms. The smallest absolute Gasteiger partial charge is 0.247 e. The van der Waals surface area contributed by atoms with Crippen molar-refractivity contribution < 1.29 is 17.9 Å². The second-order valence-corrected chi connectivity index (χ2v) is 7.36. The largest absolute Gasteiger partial charge is 0.495 e. The zero-order valence-corrected chi connectivity index (χ0v) is 17.6. The fourth-order valence-electron chi connectivity index (χ4n) is 3.02. The molecule has 158 valence electrons. The van der Waals surface area contributed by atoms with Crippen LogP contribution in [0.4, 0.5) is 14.5 Å². The van der Waals surface area contributed by atoms with E-state index in [1.807, 2.05) is 0 Å². The van der Waals surface area contributed by atoms with Gasteiger partial charge in [-0.1, -0.05) is 35.3 Å². The first-order valence-electron chi connectivity index (χ1n) is 9.09. The molecule has 4 rings (SSSR count). The van der Waals surface area contributed by atoms with Gasteiger partial charge in [-0.05, 0) is 48.5 Å². The number of hydrogen-bond donors (Lipinski definition) is 1. The van der Waals surface area contributed by atoms with Gasteiger partial charge in [-0.3, -0.25) is 0 Å². The lowest BCUT2D eigenvalue weighted by Crippen LogP contribution is -2.13. The zero-order valence-electron chi connectivity index (χ0n) is 16.1. The SMILES string of the molecule is COc1ccc(N[C@H](c2nnc(-c3cccc(F)c3)o2)c2ccc(F)cc2Cl)cc1Cl. The lowest BCUT2D eigenvalue weighted by Gasteiger charge is -2.19. The van der Waals surface area contributed by atoms with Gasteiger partial charge in [0.25, 0.3) is 0 Å². The Morgan fingerprint density at radius 3 is 2.45 bits per heavy atom. The van der Waals surface area contributed by atoms with E-state index in [9.17, 15) is 8.78 Å². The van der Waals surface area contributed by atoms with Crippen LogP contribution >= 0.6 is 23.2 Å². The Bertz CT molecular complexity index is 1230. The topological polar surface area (TPSA) is 60.2 Å². The van der Waals surface area contributed by atoms with Gasteiger partial charge in [-0.2, -0.15) is 0 Å². The lowest BCUT2D eigenvalue weighted by atomic mass is 10.1. The van der Waals surface area contributed by atoms with E-state index < -0.39 is 17.7 Å². The molecule has 1 heterocycles. The molecule has 1 atom stereocenters. The molecule has 0 aliphatic heterocycles. The number of anilines is 1. The number of rotatable bonds is 6. The van der Waals surface area contributed by atoms with Gasteiger partial charge >= 0.3 is 0 Å². The van der Waals surface area contributed by atoms with Gasteiger partial charge in [0.1, 0.15) is 23.4 Å². The van der Waals surface area contributed by atoms with E-state index in [2.05, 4.69) is 15.5 Å². The van der Waals surface area contributed by atoms with Gasteiger partial charge in [-0.25, -0.2) is 8.78 Å². The summed E-state index contributed by atoms with van der Waals surface area (Å²) in [6, 6.07) is 14.2. The molecule has 0 saturated heterocycles. The maximum absolute atomic E-state index is 13.6. The first-order valence-corrected chi connectivity index (χ1v) is 9.84. The molecule has 5 nitrogen and oxygen atoms in total. The maximum Gasteiger partial charge on any atom is 0.247 e. The van der Waals surface area contributed by atoms with Crippen LogP contribution in [0.2, 0.25) is 10.0 Å². The molecule has 1 N–H and O–H groups in total. The highest BCUT2D eigenvalue weighted by atomic mass is 35.5. The fourth-order valence-corrected chi connectivity index (χ4v) is 3.55. The summed E-state index contributed by atoms with van der Waals surface area (Å²) in [5.41, 5.74) is 1.54. The molecule has 0 amide bonds. The molecule has 1 aromatic heterocycles. The van der Waals surface area contributed by atoms with Crippen LogP contribution in [-0.2, 0) is 0 Å². The zero-order chi connectivity index (χ0) is 22.0. The highest BCUT2D eigenvalue weighted by Gasteiger charge is 2.24. The molecule has 0 bridgehead atoms. The highest BCUT2D eigenvalue weighted by Crippen LogP contribution is 2.35. The average molecular weight is 462 g/mol. The van der Waals surface area contributed by atoms with Crippen molar-refractivity contribution in [2.24, 2.45) is 0 Å². The third kappa shape index (κ3) is 4.62. The molecule has 9 heteroatoms. The minimum absolute atomic E-state index is 0.132. The van der Waals surface area contributed by atoms with Crippen molar-refractivity contribution in [2.45, 2.75) is 6.04 Å². The molecule has 0 fully saturated rings. The normalized spacial score (nSPS) is 11.9. The Balaban J connectivity index is 1.75. The summed E-state index contributed by atoms with van der Waals surface area (Å²) in [4.78, 5) is 0. The van der Waals surface area contributed by atoms with Gasteiger partial charge in [-0.15, -0.1) is 10.2 Å². The molecule has 31 heavy (non-hydrogen) atoms.